The Morgan fingerprint density at radius 1 is 1.14 bits per heavy atom. The van der Waals surface area contributed by atoms with Gasteiger partial charge < -0.3 is 0 Å². The quantitative estimate of drug-likeness (QED) is 0.789. The molecule has 3 aliphatic rings. The summed E-state index contributed by atoms with van der Waals surface area (Å²) in [4.78, 5) is 18.3. The monoisotopic (exact) mass is 307 g/mol. The van der Waals surface area contributed by atoms with Crippen LogP contribution in [0.25, 0.3) is 0 Å². The van der Waals surface area contributed by atoms with Gasteiger partial charge in [-0.15, -0.1) is 0 Å². The molecule has 3 fully saturated rings. The Bertz CT molecular complexity index is 424. The molecule has 0 amide bonds. The summed E-state index contributed by atoms with van der Waals surface area (Å²) in [6.45, 7) is 7.65. The Kier molecular flexibility index (Phi) is 4.66. The smallest absolute Gasteiger partial charge is 0.139 e. The van der Waals surface area contributed by atoms with Crippen LogP contribution in [0.4, 0.5) is 0 Å². The molecule has 0 bridgehead atoms. The zero-order chi connectivity index (χ0) is 15.8. The first-order valence-electron chi connectivity index (χ1n) is 9.42. The van der Waals surface area contributed by atoms with Crippen LogP contribution in [0.15, 0.2) is 0 Å². The summed E-state index contributed by atoms with van der Waals surface area (Å²) < 4.78 is 0. The summed E-state index contributed by atoms with van der Waals surface area (Å²) in [5.74, 6) is 1.88. The Labute approximate surface area is 135 Å². The Morgan fingerprint density at radius 2 is 1.95 bits per heavy atom. The molecule has 0 saturated heterocycles. The van der Waals surface area contributed by atoms with E-state index in [9.17, 15) is 4.79 Å². The van der Waals surface area contributed by atoms with E-state index in [-0.39, 0.29) is 10.8 Å². The van der Waals surface area contributed by atoms with Gasteiger partial charge in [0, 0.05) is 18.4 Å². The van der Waals surface area contributed by atoms with E-state index in [1.54, 1.807) is 0 Å². The predicted molar refractivity (Wildman–Crippen MR) is 88.3 cm³/mol. The highest BCUT2D eigenvalue weighted by molar-refractivity contribution is 5.87. The molecule has 0 aromatic rings. The molecular formula is C19H33NO2. The van der Waals surface area contributed by atoms with Gasteiger partial charge in [-0.1, -0.05) is 33.6 Å². The second kappa shape index (κ2) is 6.24. The highest BCUT2D eigenvalue weighted by Gasteiger charge is 2.53. The zero-order valence-corrected chi connectivity index (χ0v) is 14.6. The summed E-state index contributed by atoms with van der Waals surface area (Å²) >= 11 is 0. The van der Waals surface area contributed by atoms with E-state index in [0.29, 0.717) is 17.8 Å². The fourth-order valence-corrected chi connectivity index (χ4v) is 5.56. The molecule has 126 valence electrons. The highest BCUT2D eigenvalue weighted by atomic mass is 16.7. The lowest BCUT2D eigenvalue weighted by Crippen LogP contribution is -2.49. The summed E-state index contributed by atoms with van der Waals surface area (Å²) in [7, 11) is 0. The predicted octanol–water partition coefficient (Wildman–Crippen LogP) is 4.26. The molecule has 0 aromatic heterocycles. The van der Waals surface area contributed by atoms with Crippen LogP contribution >= 0.6 is 0 Å². The molecule has 0 spiro atoms. The maximum atomic E-state index is 12.3. The number of hydrogen-bond donors (Lipinski definition) is 1. The van der Waals surface area contributed by atoms with E-state index in [0.717, 1.165) is 31.7 Å². The highest BCUT2D eigenvalue weighted by Crippen LogP contribution is 2.57. The van der Waals surface area contributed by atoms with Gasteiger partial charge in [0.15, 0.2) is 0 Å². The number of carbonyl (C=O) groups excluding carboxylic acids is 1. The largest absolute Gasteiger partial charge is 0.299 e. The van der Waals surface area contributed by atoms with Crippen LogP contribution in [0.1, 0.15) is 78.6 Å². The van der Waals surface area contributed by atoms with Gasteiger partial charge in [-0.25, -0.2) is 5.48 Å². The number of Topliss-reactive ketones (excluding diaryl/α,β-unsaturated/α-hetero) is 1. The molecule has 1 N–H and O–H groups in total. The van der Waals surface area contributed by atoms with Gasteiger partial charge in [-0.2, -0.15) is 0 Å². The van der Waals surface area contributed by atoms with Crippen LogP contribution in [-0.4, -0.2) is 18.4 Å². The van der Waals surface area contributed by atoms with Gasteiger partial charge in [0.2, 0.25) is 0 Å². The normalized spacial score (nSPS) is 45.8. The minimum Gasteiger partial charge on any atom is -0.299 e. The van der Waals surface area contributed by atoms with Crippen LogP contribution in [0.3, 0.4) is 0 Å². The number of hydroxylamine groups is 1. The van der Waals surface area contributed by atoms with E-state index in [4.69, 9.17) is 4.84 Å². The molecule has 0 radical (unpaired) electrons. The van der Waals surface area contributed by atoms with Crippen molar-refractivity contribution in [1.82, 2.24) is 5.48 Å². The molecule has 3 nitrogen and oxygen atoms in total. The van der Waals surface area contributed by atoms with Gasteiger partial charge in [0.25, 0.3) is 0 Å². The van der Waals surface area contributed by atoms with Crippen LogP contribution in [0.5, 0.6) is 0 Å². The Balaban J connectivity index is 1.73. The third kappa shape index (κ3) is 2.65. The fourth-order valence-electron chi connectivity index (χ4n) is 5.56. The number of ketones is 1. The Hall–Kier alpha value is -0.410. The minimum absolute atomic E-state index is 0.000447. The van der Waals surface area contributed by atoms with Crippen molar-refractivity contribution >= 4 is 5.78 Å². The summed E-state index contributed by atoms with van der Waals surface area (Å²) in [6.07, 6.45) is 10.9. The van der Waals surface area contributed by atoms with Crippen molar-refractivity contribution in [2.45, 2.75) is 84.7 Å². The average molecular weight is 307 g/mol. The van der Waals surface area contributed by atoms with Gasteiger partial charge in [0.1, 0.15) is 5.78 Å². The van der Waals surface area contributed by atoms with E-state index in [1.807, 2.05) is 0 Å². The summed E-state index contributed by atoms with van der Waals surface area (Å²) in [5.41, 5.74) is 3.40. The number of carbonyl (C=O) groups is 1. The third-order valence-electron chi connectivity index (χ3n) is 7.31. The van der Waals surface area contributed by atoms with Crippen molar-refractivity contribution in [3.8, 4) is 0 Å². The molecule has 3 aliphatic carbocycles. The standard InChI is InChI=1S/C19H33NO2/c1-4-20-22-17-7-5-6-11-19(17,3)15-10-12-18(2)14(13-15)8-9-16(18)21/h14-15,17,20H,4-13H2,1-3H3/t14?,15?,17-,18-,19+/m0/s1. The van der Waals surface area contributed by atoms with Crippen molar-refractivity contribution in [1.29, 1.82) is 0 Å². The zero-order valence-electron chi connectivity index (χ0n) is 14.6. The van der Waals surface area contributed by atoms with Crippen molar-refractivity contribution in [2.24, 2.45) is 22.7 Å². The molecule has 5 atom stereocenters. The van der Waals surface area contributed by atoms with Crippen molar-refractivity contribution in [3.05, 3.63) is 0 Å². The van der Waals surface area contributed by atoms with Crippen molar-refractivity contribution < 1.29 is 9.63 Å². The maximum Gasteiger partial charge on any atom is 0.139 e. The molecule has 3 heteroatoms. The number of hydrogen-bond acceptors (Lipinski definition) is 3. The van der Waals surface area contributed by atoms with Crippen molar-refractivity contribution in [2.75, 3.05) is 6.54 Å². The van der Waals surface area contributed by atoms with Gasteiger partial charge in [0.05, 0.1) is 6.10 Å². The lowest BCUT2D eigenvalue weighted by Gasteiger charge is -2.51. The van der Waals surface area contributed by atoms with Crippen LogP contribution < -0.4 is 5.48 Å². The van der Waals surface area contributed by atoms with E-state index in [1.165, 1.54) is 38.5 Å². The summed E-state index contributed by atoms with van der Waals surface area (Å²) in [5, 5.41) is 0. The van der Waals surface area contributed by atoms with Crippen LogP contribution in [0.2, 0.25) is 0 Å². The first-order chi connectivity index (χ1) is 10.5. The lowest BCUT2D eigenvalue weighted by atomic mass is 9.55. The van der Waals surface area contributed by atoms with Gasteiger partial charge in [-0.3, -0.25) is 9.63 Å². The van der Waals surface area contributed by atoms with Gasteiger partial charge >= 0.3 is 0 Å². The van der Waals surface area contributed by atoms with E-state index in [2.05, 4.69) is 26.3 Å². The minimum atomic E-state index is -0.000447. The molecule has 0 heterocycles. The Morgan fingerprint density at radius 3 is 2.73 bits per heavy atom. The first-order valence-corrected chi connectivity index (χ1v) is 9.42. The topological polar surface area (TPSA) is 38.3 Å². The van der Waals surface area contributed by atoms with Gasteiger partial charge in [-0.05, 0) is 55.8 Å². The first kappa shape index (κ1) is 16.4. The molecule has 3 saturated carbocycles. The molecule has 3 rings (SSSR count). The number of nitrogens with one attached hydrogen (secondary N) is 1. The molecule has 0 aliphatic heterocycles. The molecule has 22 heavy (non-hydrogen) atoms. The van der Waals surface area contributed by atoms with E-state index >= 15 is 0 Å². The average Bonchev–Trinajstić information content (AvgIpc) is 2.81. The second-order valence-electron chi connectivity index (χ2n) is 8.40. The van der Waals surface area contributed by atoms with Crippen LogP contribution in [0, 0.1) is 22.7 Å². The van der Waals surface area contributed by atoms with Crippen molar-refractivity contribution in [3.63, 3.8) is 0 Å². The van der Waals surface area contributed by atoms with E-state index < -0.39 is 0 Å². The fraction of sp³-hybridized carbons (Fsp3) is 0.947. The maximum absolute atomic E-state index is 12.3. The van der Waals surface area contributed by atoms with Crippen LogP contribution in [-0.2, 0) is 9.63 Å². The molecule has 2 unspecified atom stereocenters. The third-order valence-corrected chi connectivity index (χ3v) is 7.31. The SMILES string of the molecule is CCNO[C@H]1CCCC[C@]1(C)C1CC[C@]2(C)C(=O)CCC2C1. The molecule has 0 aromatic carbocycles. The number of fused-ring (bicyclic) bond motifs is 1. The molecular weight excluding hydrogens is 274 g/mol. The number of rotatable bonds is 4. The lowest BCUT2D eigenvalue weighted by molar-refractivity contribution is -0.145. The summed E-state index contributed by atoms with van der Waals surface area (Å²) in [6, 6.07) is 0. The second-order valence-corrected chi connectivity index (χ2v) is 8.40.